The Morgan fingerprint density at radius 1 is 1.08 bits per heavy atom. The number of carboxylic acid groups (broad SMARTS) is 2. The Morgan fingerprint density at radius 3 is 1.50 bits per heavy atom. The average Bonchev–Trinajstić information content (AvgIpc) is 1.63. The maximum atomic E-state index is 9.72. The van der Waals surface area contributed by atoms with Gasteiger partial charge < -0.3 is 15.3 Å². The number of carboxylic acids is 2. The Hall–Kier alpha value is 1.90. The van der Waals surface area contributed by atoms with E-state index in [0.29, 0.717) is 0 Å². The molecule has 12 heavy (non-hydrogen) atoms. The third kappa shape index (κ3) is 14.4. The average molecular weight is 206 g/mol. The molecule has 0 bridgehead atoms. The number of carbonyl (C=O) groups is 2. The van der Waals surface area contributed by atoms with Crippen molar-refractivity contribution in [1.29, 1.82) is 0 Å². The van der Waals surface area contributed by atoms with Gasteiger partial charge in [0.25, 0.3) is 0 Å². The van der Waals surface area contributed by atoms with Gasteiger partial charge in [-0.15, -0.1) is 0 Å². The molecule has 0 saturated carbocycles. The van der Waals surface area contributed by atoms with Gasteiger partial charge in [0.1, 0.15) is 0 Å². The van der Waals surface area contributed by atoms with E-state index in [2.05, 4.69) is 0 Å². The zero-order valence-corrected chi connectivity index (χ0v) is 4.44. The van der Waals surface area contributed by atoms with Gasteiger partial charge in [-0.3, -0.25) is 4.79 Å². The number of aliphatic hydroxyl groups is 1. The Morgan fingerprint density at radius 2 is 1.42 bits per heavy atom. The van der Waals surface area contributed by atoms with Gasteiger partial charge in [0.05, 0.1) is 6.42 Å². The Balaban J connectivity index is -0.000000107. The number of aliphatic hydroxyl groups excluding tert-OH is 1. The van der Waals surface area contributed by atoms with Crippen molar-refractivity contribution in [1.82, 2.24) is 0 Å². The predicted octanol–water partition coefficient (Wildman–Crippen LogP) is -3.04. The molecule has 3 N–H and O–H groups in total. The van der Waals surface area contributed by atoms with Crippen LogP contribution in [0, 0.1) is 0 Å². The van der Waals surface area contributed by atoms with E-state index in [9.17, 15) is 9.59 Å². The molecule has 8 heteroatoms. The fourth-order valence-electron chi connectivity index (χ4n) is 0.253. The fraction of sp³-hybridized carbons (Fsp3) is 0.500. The van der Waals surface area contributed by atoms with Gasteiger partial charge in [-0.25, -0.2) is 4.79 Å². The number of rotatable bonds is 3. The van der Waals surface area contributed by atoms with Crippen LogP contribution < -0.4 is 0 Å². The van der Waals surface area contributed by atoms with Crippen molar-refractivity contribution in [2.24, 2.45) is 0 Å². The summed E-state index contributed by atoms with van der Waals surface area (Å²) >= 11 is 0. The van der Waals surface area contributed by atoms with Crippen molar-refractivity contribution in [2.75, 3.05) is 0 Å². The standard InChI is InChI=1S/C4H6O5.3Na.3H/c5-2(4(8)9)1-3(6)7;;;;;;/h2,5H,1H2,(H,6,7)(H,8,9);;;;;;. The molecule has 0 aromatic carbocycles. The normalized spacial score (nSPS) is 9.42. The summed E-state index contributed by atoms with van der Waals surface area (Å²) in [4.78, 5) is 19.4. The SMILES string of the molecule is O=C(O)CC(O)C(=O)O.[NaH].[NaH].[NaH]. The molecule has 0 aliphatic rings. The van der Waals surface area contributed by atoms with E-state index in [4.69, 9.17) is 15.3 Å². The molecule has 1 atom stereocenters. The van der Waals surface area contributed by atoms with E-state index in [0.717, 1.165) is 0 Å². The first kappa shape index (κ1) is 23.6. The van der Waals surface area contributed by atoms with Crippen LogP contribution in [-0.4, -0.2) is 122 Å². The van der Waals surface area contributed by atoms with E-state index in [-0.39, 0.29) is 88.7 Å². The molecule has 0 spiro atoms. The van der Waals surface area contributed by atoms with Crippen LogP contribution in [0.2, 0.25) is 0 Å². The molecule has 0 aliphatic heterocycles. The van der Waals surface area contributed by atoms with E-state index in [1.54, 1.807) is 0 Å². The van der Waals surface area contributed by atoms with Gasteiger partial charge in [0.15, 0.2) is 6.10 Å². The summed E-state index contributed by atoms with van der Waals surface area (Å²) in [6.45, 7) is 0. The van der Waals surface area contributed by atoms with Crippen molar-refractivity contribution in [3.05, 3.63) is 0 Å². The van der Waals surface area contributed by atoms with Crippen LogP contribution in [0.1, 0.15) is 6.42 Å². The third-order valence-electron chi connectivity index (χ3n) is 0.653. The third-order valence-corrected chi connectivity index (χ3v) is 0.653. The maximum absolute atomic E-state index is 9.72. The van der Waals surface area contributed by atoms with Crippen LogP contribution in [0.5, 0.6) is 0 Å². The second-order valence-electron chi connectivity index (χ2n) is 1.45. The van der Waals surface area contributed by atoms with Gasteiger partial charge in [0.2, 0.25) is 0 Å². The molecule has 0 aliphatic carbocycles. The van der Waals surface area contributed by atoms with E-state index < -0.39 is 24.5 Å². The first-order valence-corrected chi connectivity index (χ1v) is 2.16. The van der Waals surface area contributed by atoms with Crippen LogP contribution >= 0.6 is 0 Å². The minimum absolute atomic E-state index is 0. The monoisotopic (exact) mass is 206 g/mol. The van der Waals surface area contributed by atoms with Crippen LogP contribution in [-0.2, 0) is 9.59 Å². The van der Waals surface area contributed by atoms with Crippen molar-refractivity contribution in [2.45, 2.75) is 12.5 Å². The van der Waals surface area contributed by atoms with Gasteiger partial charge in [-0.05, 0) is 0 Å². The topological polar surface area (TPSA) is 94.8 Å². The molecule has 0 saturated heterocycles. The van der Waals surface area contributed by atoms with E-state index in [1.807, 2.05) is 0 Å². The number of hydrogen-bond donors (Lipinski definition) is 3. The molecule has 0 rings (SSSR count). The first-order chi connectivity index (χ1) is 4.04. The molecule has 0 aromatic heterocycles. The summed E-state index contributed by atoms with van der Waals surface area (Å²) < 4.78 is 0. The van der Waals surface area contributed by atoms with Gasteiger partial charge in [0, 0.05) is 0 Å². The zero-order chi connectivity index (χ0) is 7.44. The summed E-state index contributed by atoms with van der Waals surface area (Å²) in [5.74, 6) is -2.85. The van der Waals surface area contributed by atoms with Crippen LogP contribution in [0.4, 0.5) is 0 Å². The summed E-state index contributed by atoms with van der Waals surface area (Å²) in [6.07, 6.45) is -2.54. The van der Waals surface area contributed by atoms with Crippen molar-refractivity contribution in [3.8, 4) is 0 Å². The minimum atomic E-state index is -1.79. The second kappa shape index (κ2) is 12.9. The Kier molecular flexibility index (Phi) is 25.4. The fourth-order valence-corrected chi connectivity index (χ4v) is 0.253. The van der Waals surface area contributed by atoms with Crippen molar-refractivity contribution < 1.29 is 24.9 Å². The van der Waals surface area contributed by atoms with E-state index >= 15 is 0 Å². The van der Waals surface area contributed by atoms with Crippen molar-refractivity contribution >= 4 is 101 Å². The van der Waals surface area contributed by atoms with Crippen LogP contribution in [0.15, 0.2) is 0 Å². The molecule has 1 unspecified atom stereocenters. The van der Waals surface area contributed by atoms with E-state index in [1.165, 1.54) is 0 Å². The quantitative estimate of drug-likeness (QED) is 0.427. The molecular formula is C4H9Na3O5. The number of hydrogen-bond acceptors (Lipinski definition) is 3. The molecule has 0 radical (unpaired) electrons. The summed E-state index contributed by atoms with van der Waals surface area (Å²) in [6, 6.07) is 0. The predicted molar refractivity (Wildman–Crippen MR) is 47.3 cm³/mol. The molecule has 0 aromatic rings. The van der Waals surface area contributed by atoms with Gasteiger partial charge >= 0.3 is 101 Å². The molecule has 5 nitrogen and oxygen atoms in total. The summed E-state index contributed by atoms with van der Waals surface area (Å²) in [5, 5.41) is 24.1. The summed E-state index contributed by atoms with van der Waals surface area (Å²) in [5.41, 5.74) is 0. The van der Waals surface area contributed by atoms with Gasteiger partial charge in [-0.1, -0.05) is 0 Å². The Bertz CT molecular complexity index is 139. The second-order valence-corrected chi connectivity index (χ2v) is 1.45. The van der Waals surface area contributed by atoms with Gasteiger partial charge in [-0.2, -0.15) is 0 Å². The van der Waals surface area contributed by atoms with Crippen LogP contribution in [0.25, 0.3) is 0 Å². The first-order valence-electron chi connectivity index (χ1n) is 2.16. The van der Waals surface area contributed by atoms with Crippen LogP contribution in [0.3, 0.4) is 0 Å². The molecule has 0 fully saturated rings. The molecule has 0 amide bonds. The molecule has 0 heterocycles. The van der Waals surface area contributed by atoms with Crippen molar-refractivity contribution in [3.63, 3.8) is 0 Å². The zero-order valence-electron chi connectivity index (χ0n) is 4.44. The molecule has 58 valence electrons. The number of aliphatic carboxylic acids is 2. The summed E-state index contributed by atoms with van der Waals surface area (Å²) in [7, 11) is 0. The molecular weight excluding hydrogens is 197 g/mol. The Labute approximate surface area is 136 Å².